The number of ether oxygens (including phenoxy) is 1. The van der Waals surface area contributed by atoms with E-state index in [4.69, 9.17) is 30.5 Å². The van der Waals surface area contributed by atoms with Gasteiger partial charge in [0.15, 0.2) is 5.96 Å². The first-order chi connectivity index (χ1) is 24.0. The van der Waals surface area contributed by atoms with Crippen molar-refractivity contribution in [3.63, 3.8) is 0 Å². The molecule has 3 atom stereocenters. The number of amides is 4. The second kappa shape index (κ2) is 18.2. The van der Waals surface area contributed by atoms with Crippen molar-refractivity contribution in [2.24, 2.45) is 22.4 Å². The highest BCUT2D eigenvalue weighted by Crippen LogP contribution is 2.23. The number of guanidine groups is 1. The third kappa shape index (κ3) is 13.4. The molecule has 0 unspecified atom stereocenters. The van der Waals surface area contributed by atoms with E-state index in [1.807, 2.05) is 0 Å². The van der Waals surface area contributed by atoms with Crippen molar-refractivity contribution in [2.45, 2.75) is 97.1 Å². The van der Waals surface area contributed by atoms with E-state index in [1.54, 1.807) is 59.7 Å². The molecule has 1 fully saturated rings. The number of aryl methyl sites for hydroxylation is 1. The molecule has 1 aliphatic rings. The summed E-state index contributed by atoms with van der Waals surface area (Å²) in [6, 6.07) is 3.58. The van der Waals surface area contributed by atoms with E-state index in [9.17, 15) is 37.1 Å². The molecule has 0 saturated carbocycles. The number of hydrogen-bond donors (Lipinski definition) is 6. The number of likely N-dealkylation sites (tertiary alicyclic amines) is 1. The first-order valence-electron chi connectivity index (χ1n) is 16.3. The number of carbonyl (C=O) groups is 5. The van der Waals surface area contributed by atoms with Crippen LogP contribution in [0.3, 0.4) is 0 Å². The van der Waals surface area contributed by atoms with E-state index >= 15 is 0 Å². The Morgan fingerprint density at radius 2 is 1.73 bits per heavy atom. The summed E-state index contributed by atoms with van der Waals surface area (Å²) >= 11 is 0. The van der Waals surface area contributed by atoms with Gasteiger partial charge in [-0.2, -0.15) is 13.2 Å². The maximum atomic E-state index is 13.6. The zero-order valence-electron chi connectivity index (χ0n) is 29.8. The summed E-state index contributed by atoms with van der Waals surface area (Å²) in [5.41, 5.74) is 11.0. The van der Waals surface area contributed by atoms with Crippen LogP contribution in [-0.2, 0) is 23.9 Å². The highest BCUT2D eigenvalue weighted by atomic mass is 19.4. The second-order valence-corrected chi connectivity index (χ2v) is 13.3. The van der Waals surface area contributed by atoms with Crippen LogP contribution in [0, 0.1) is 12.8 Å². The number of fused-ring (bicyclic) bond motifs is 1. The molecule has 8 N–H and O–H groups in total. The molecular weight excluding hydrogens is 695 g/mol. The lowest BCUT2D eigenvalue weighted by molar-refractivity contribution is -0.192. The first kappa shape index (κ1) is 42.8. The molecule has 3 rings (SSSR count). The predicted molar refractivity (Wildman–Crippen MR) is 184 cm³/mol. The zero-order chi connectivity index (χ0) is 39.6. The molecule has 0 bridgehead atoms. The fourth-order valence-corrected chi connectivity index (χ4v) is 5.10. The Kier molecular flexibility index (Phi) is 15.0. The number of rotatable bonds is 11. The van der Waals surface area contributed by atoms with E-state index < -0.39 is 65.3 Å². The molecule has 288 valence electrons. The summed E-state index contributed by atoms with van der Waals surface area (Å²) in [5.74, 6) is -4.54. The van der Waals surface area contributed by atoms with Gasteiger partial charge in [-0.25, -0.2) is 14.4 Å². The number of nitrogens with zero attached hydrogens (tertiary/aromatic N) is 2. The Labute approximate surface area is 297 Å². The molecule has 0 spiro atoms. The Morgan fingerprint density at radius 1 is 1.10 bits per heavy atom. The first-order valence-corrected chi connectivity index (χ1v) is 16.3. The predicted octanol–water partition coefficient (Wildman–Crippen LogP) is 2.75. The van der Waals surface area contributed by atoms with Crippen molar-refractivity contribution in [3.05, 3.63) is 40.2 Å². The lowest BCUT2D eigenvalue weighted by Crippen LogP contribution is -2.57. The van der Waals surface area contributed by atoms with Gasteiger partial charge in [-0.15, -0.1) is 0 Å². The monoisotopic (exact) mass is 741 g/mol. The maximum Gasteiger partial charge on any atom is 0.490 e. The van der Waals surface area contributed by atoms with Crippen molar-refractivity contribution in [2.75, 3.05) is 18.4 Å². The van der Waals surface area contributed by atoms with Crippen molar-refractivity contribution in [1.82, 2.24) is 15.5 Å². The largest absolute Gasteiger partial charge is 0.490 e. The minimum atomic E-state index is -5.08. The minimum absolute atomic E-state index is 0.0900. The number of aliphatic imine (C=N–C) groups is 1. The minimum Gasteiger partial charge on any atom is -0.475 e. The SMILES string of the molecule is Cc1cc(=O)oc2cc(NC(=O)[C@H](CCCN=C(N)N)NC(=O)[C@@H]3CCCN3C(=O)[C@@H](NC(=O)OC(C)(C)C)C(C)C)ccc12.O=C(O)C(F)(F)F. The van der Waals surface area contributed by atoms with Crippen molar-refractivity contribution >= 4 is 52.4 Å². The standard InChI is InChI=1S/C31H45N7O7.C2HF3O2/c1-17(2)25(37-30(43)45-31(4,5)6)28(42)38-14-8-10-22(38)27(41)36-21(9-7-13-34-29(32)33)26(40)35-19-11-12-20-18(3)15-24(39)44-23(20)16-19;3-2(4,5)1(6)7/h11-12,15-17,21-22,25H,7-10,13-14H2,1-6H3,(H,35,40)(H,36,41)(H,37,43)(H4,32,33,34);(H,6,7)/t21-,22-,25-;/m0./s1. The van der Waals surface area contributed by atoms with Crippen LogP contribution in [0.15, 0.2) is 38.5 Å². The number of hydrogen-bond acceptors (Lipinski definition) is 9. The van der Waals surface area contributed by atoms with E-state index in [-0.39, 0.29) is 24.8 Å². The van der Waals surface area contributed by atoms with Gasteiger partial charge in [0.25, 0.3) is 0 Å². The van der Waals surface area contributed by atoms with E-state index in [1.165, 1.54) is 11.0 Å². The molecule has 0 radical (unpaired) electrons. The number of alkyl halides is 3. The third-order valence-electron chi connectivity index (χ3n) is 7.48. The molecule has 1 aromatic carbocycles. The number of halogens is 3. The fraction of sp³-hybridized carbons (Fsp3) is 0.545. The van der Waals surface area contributed by atoms with Crippen LogP contribution in [0.1, 0.15) is 65.9 Å². The molecule has 19 heteroatoms. The Morgan fingerprint density at radius 3 is 2.29 bits per heavy atom. The van der Waals surface area contributed by atoms with Gasteiger partial charge in [0.1, 0.15) is 29.3 Å². The highest BCUT2D eigenvalue weighted by molar-refractivity contribution is 6.00. The van der Waals surface area contributed by atoms with Crippen LogP contribution in [-0.4, -0.2) is 88.7 Å². The second-order valence-electron chi connectivity index (χ2n) is 13.3. The number of carboxylic acid groups (broad SMARTS) is 1. The number of alkyl carbamates (subject to hydrolysis) is 1. The molecule has 1 saturated heterocycles. The summed E-state index contributed by atoms with van der Waals surface area (Å²) in [6.45, 7) is 11.1. The topological polar surface area (TPSA) is 249 Å². The fourth-order valence-electron chi connectivity index (χ4n) is 5.10. The van der Waals surface area contributed by atoms with Gasteiger partial charge in [-0.05, 0) is 77.0 Å². The highest BCUT2D eigenvalue weighted by Gasteiger charge is 2.40. The Balaban J connectivity index is 0.00000121. The summed E-state index contributed by atoms with van der Waals surface area (Å²) in [5, 5.41) is 16.1. The molecule has 16 nitrogen and oxygen atoms in total. The Bertz CT molecular complexity index is 1700. The van der Waals surface area contributed by atoms with Gasteiger partial charge in [0.2, 0.25) is 17.7 Å². The average Bonchev–Trinajstić information content (AvgIpc) is 3.50. The van der Waals surface area contributed by atoms with Gasteiger partial charge >= 0.3 is 23.9 Å². The summed E-state index contributed by atoms with van der Waals surface area (Å²) in [4.78, 5) is 79.3. The molecule has 0 aliphatic carbocycles. The van der Waals surface area contributed by atoms with Crippen molar-refractivity contribution < 1.29 is 51.4 Å². The van der Waals surface area contributed by atoms with Gasteiger partial charge < -0.3 is 46.6 Å². The van der Waals surface area contributed by atoms with Gasteiger partial charge in [-0.3, -0.25) is 19.4 Å². The summed E-state index contributed by atoms with van der Waals surface area (Å²) in [7, 11) is 0. The van der Waals surface area contributed by atoms with E-state index in [0.717, 1.165) is 10.9 Å². The number of carboxylic acids is 1. The van der Waals surface area contributed by atoms with Crippen molar-refractivity contribution in [1.29, 1.82) is 0 Å². The zero-order valence-corrected chi connectivity index (χ0v) is 29.8. The number of aliphatic carboxylic acids is 1. The average molecular weight is 742 g/mol. The van der Waals surface area contributed by atoms with Crippen LogP contribution in [0.25, 0.3) is 11.0 Å². The van der Waals surface area contributed by atoms with E-state index in [0.29, 0.717) is 37.1 Å². The molecule has 4 amide bonds. The van der Waals surface area contributed by atoms with Crippen LogP contribution >= 0.6 is 0 Å². The number of carbonyl (C=O) groups excluding carboxylic acids is 4. The lowest BCUT2D eigenvalue weighted by Gasteiger charge is -2.31. The van der Waals surface area contributed by atoms with Gasteiger partial charge in [0, 0.05) is 36.3 Å². The van der Waals surface area contributed by atoms with Crippen molar-refractivity contribution in [3.8, 4) is 0 Å². The van der Waals surface area contributed by atoms with E-state index in [2.05, 4.69) is 20.9 Å². The van der Waals surface area contributed by atoms with Crippen LogP contribution in [0.5, 0.6) is 0 Å². The number of nitrogens with one attached hydrogen (secondary N) is 3. The Hall–Kier alpha value is -5.36. The van der Waals surface area contributed by atoms with Crippen LogP contribution in [0.2, 0.25) is 0 Å². The van der Waals surface area contributed by atoms with Gasteiger partial charge in [0.05, 0.1) is 0 Å². The number of anilines is 1. The maximum absolute atomic E-state index is 13.6. The normalized spacial score (nSPS) is 15.5. The summed E-state index contributed by atoms with van der Waals surface area (Å²) < 4.78 is 42.4. The molecule has 2 heterocycles. The lowest BCUT2D eigenvalue weighted by atomic mass is 10.0. The molecule has 1 aliphatic heterocycles. The quantitative estimate of drug-likeness (QED) is 0.0846. The molecule has 52 heavy (non-hydrogen) atoms. The van der Waals surface area contributed by atoms with Crippen LogP contribution in [0.4, 0.5) is 23.7 Å². The number of benzene rings is 1. The molecule has 1 aromatic heterocycles. The third-order valence-corrected chi connectivity index (χ3v) is 7.48. The summed E-state index contributed by atoms with van der Waals surface area (Å²) in [6.07, 6.45) is -4.27. The van der Waals surface area contributed by atoms with Crippen LogP contribution < -0.4 is 33.0 Å². The van der Waals surface area contributed by atoms with Gasteiger partial charge in [-0.1, -0.05) is 13.8 Å². The smallest absolute Gasteiger partial charge is 0.475 e. The molecular formula is C33H46F3N7O9. The number of nitrogens with two attached hydrogens (primary N) is 2. The molecule has 2 aromatic rings.